The minimum Gasteiger partial charge on any atom is -0.460 e. The van der Waals surface area contributed by atoms with Gasteiger partial charge in [-0.05, 0) is 12.1 Å². The summed E-state index contributed by atoms with van der Waals surface area (Å²) in [6, 6.07) is 8.91. The second-order valence-electron chi connectivity index (χ2n) is 3.53. The summed E-state index contributed by atoms with van der Waals surface area (Å²) < 4.78 is 15.2. The van der Waals surface area contributed by atoms with Crippen LogP contribution in [0.15, 0.2) is 30.3 Å². The minimum atomic E-state index is -0.313. The van der Waals surface area contributed by atoms with Crippen LogP contribution in [0.5, 0.6) is 0 Å². The third-order valence-electron chi connectivity index (χ3n) is 2.18. The summed E-state index contributed by atoms with van der Waals surface area (Å²) in [5.74, 6) is -0.313. The fourth-order valence-electron chi connectivity index (χ4n) is 1.23. The van der Waals surface area contributed by atoms with E-state index >= 15 is 0 Å². The molecule has 0 saturated carbocycles. The standard InChI is InChI=1S/C12H14O4/c13-12(10-4-2-1-3-5-10)15-7-6-14-8-11-9-16-11/h1-5,11H,6-9H2. The van der Waals surface area contributed by atoms with E-state index in [1.807, 2.05) is 6.07 Å². The van der Waals surface area contributed by atoms with Crippen LogP contribution in [0.3, 0.4) is 0 Å². The molecule has 16 heavy (non-hydrogen) atoms. The molecule has 1 heterocycles. The van der Waals surface area contributed by atoms with Crippen molar-refractivity contribution < 1.29 is 19.0 Å². The lowest BCUT2D eigenvalue weighted by Gasteiger charge is -2.04. The van der Waals surface area contributed by atoms with Crippen LogP contribution in [-0.4, -0.2) is 38.5 Å². The fourth-order valence-corrected chi connectivity index (χ4v) is 1.23. The Morgan fingerprint density at radius 1 is 1.31 bits per heavy atom. The number of rotatable bonds is 6. The van der Waals surface area contributed by atoms with Crippen LogP contribution in [0, 0.1) is 0 Å². The van der Waals surface area contributed by atoms with Crippen LogP contribution in [-0.2, 0) is 14.2 Å². The van der Waals surface area contributed by atoms with Crippen molar-refractivity contribution in [1.82, 2.24) is 0 Å². The molecule has 0 spiro atoms. The van der Waals surface area contributed by atoms with E-state index in [1.165, 1.54) is 0 Å². The summed E-state index contributed by atoms with van der Waals surface area (Å²) >= 11 is 0. The molecule has 1 aromatic rings. The maximum absolute atomic E-state index is 11.5. The van der Waals surface area contributed by atoms with Crippen LogP contribution in [0.2, 0.25) is 0 Å². The van der Waals surface area contributed by atoms with E-state index in [0.29, 0.717) is 18.8 Å². The number of hydrogen-bond donors (Lipinski definition) is 0. The normalized spacial score (nSPS) is 18.1. The van der Waals surface area contributed by atoms with Gasteiger partial charge in [0, 0.05) is 0 Å². The first-order chi connectivity index (χ1) is 7.86. The van der Waals surface area contributed by atoms with Gasteiger partial charge in [-0.3, -0.25) is 0 Å². The Morgan fingerprint density at radius 3 is 2.75 bits per heavy atom. The first kappa shape index (κ1) is 11.1. The molecule has 4 nitrogen and oxygen atoms in total. The lowest BCUT2D eigenvalue weighted by molar-refractivity contribution is 0.0296. The molecule has 0 amide bonds. The van der Waals surface area contributed by atoms with Gasteiger partial charge in [0.1, 0.15) is 12.7 Å². The third kappa shape index (κ3) is 3.64. The second kappa shape index (κ2) is 5.63. The number of benzene rings is 1. The minimum absolute atomic E-state index is 0.254. The quantitative estimate of drug-likeness (QED) is 0.413. The average Bonchev–Trinajstić information content (AvgIpc) is 3.13. The summed E-state index contributed by atoms with van der Waals surface area (Å²) in [5.41, 5.74) is 0.563. The zero-order valence-corrected chi connectivity index (χ0v) is 8.93. The van der Waals surface area contributed by atoms with Crippen LogP contribution >= 0.6 is 0 Å². The number of carbonyl (C=O) groups is 1. The molecule has 1 atom stereocenters. The third-order valence-corrected chi connectivity index (χ3v) is 2.18. The van der Waals surface area contributed by atoms with Crippen molar-refractivity contribution >= 4 is 5.97 Å². The van der Waals surface area contributed by atoms with Gasteiger partial charge < -0.3 is 14.2 Å². The summed E-state index contributed by atoms with van der Waals surface area (Å²) in [5, 5.41) is 0. The molecule has 1 saturated heterocycles. The van der Waals surface area contributed by atoms with Gasteiger partial charge in [0.2, 0.25) is 0 Å². The van der Waals surface area contributed by atoms with Gasteiger partial charge >= 0.3 is 5.97 Å². The van der Waals surface area contributed by atoms with E-state index in [4.69, 9.17) is 14.2 Å². The van der Waals surface area contributed by atoms with Crippen molar-refractivity contribution in [1.29, 1.82) is 0 Å². The molecular formula is C12H14O4. The van der Waals surface area contributed by atoms with Gasteiger partial charge in [-0.2, -0.15) is 0 Å². The topological polar surface area (TPSA) is 48.1 Å². The molecule has 1 unspecified atom stereocenters. The molecule has 1 aliphatic rings. The fraction of sp³-hybridized carbons (Fsp3) is 0.417. The van der Waals surface area contributed by atoms with Crippen molar-refractivity contribution in [3.8, 4) is 0 Å². The summed E-state index contributed by atoms with van der Waals surface area (Å²) in [6.45, 7) is 2.06. The van der Waals surface area contributed by atoms with Gasteiger partial charge in [-0.15, -0.1) is 0 Å². The van der Waals surface area contributed by atoms with Gasteiger partial charge in [0.05, 0.1) is 25.4 Å². The number of hydrogen-bond acceptors (Lipinski definition) is 4. The van der Waals surface area contributed by atoms with E-state index < -0.39 is 0 Å². The van der Waals surface area contributed by atoms with Crippen LogP contribution in [0.25, 0.3) is 0 Å². The molecule has 1 aromatic carbocycles. The molecule has 86 valence electrons. The van der Waals surface area contributed by atoms with Crippen LogP contribution in [0.4, 0.5) is 0 Å². The van der Waals surface area contributed by atoms with Crippen molar-refractivity contribution in [2.75, 3.05) is 26.4 Å². The first-order valence-corrected chi connectivity index (χ1v) is 5.28. The predicted molar refractivity (Wildman–Crippen MR) is 57.3 cm³/mol. The summed E-state index contributed by atoms with van der Waals surface area (Å²) in [7, 11) is 0. The monoisotopic (exact) mass is 222 g/mol. The number of carbonyl (C=O) groups excluding carboxylic acids is 1. The average molecular weight is 222 g/mol. The highest BCUT2D eigenvalue weighted by Gasteiger charge is 2.22. The Kier molecular flexibility index (Phi) is 3.91. The Bertz CT molecular complexity index is 332. The Labute approximate surface area is 94.1 Å². The molecule has 0 aliphatic carbocycles. The van der Waals surface area contributed by atoms with E-state index in [-0.39, 0.29) is 18.7 Å². The second-order valence-corrected chi connectivity index (χ2v) is 3.53. The molecule has 1 aliphatic heterocycles. The molecule has 0 aromatic heterocycles. The zero-order chi connectivity index (χ0) is 11.2. The van der Waals surface area contributed by atoms with Gasteiger partial charge in [0.15, 0.2) is 0 Å². The molecule has 0 N–H and O–H groups in total. The summed E-state index contributed by atoms with van der Waals surface area (Å²) in [4.78, 5) is 11.5. The van der Waals surface area contributed by atoms with E-state index in [1.54, 1.807) is 24.3 Å². The highest BCUT2D eigenvalue weighted by Crippen LogP contribution is 2.08. The van der Waals surface area contributed by atoms with Crippen molar-refractivity contribution in [2.24, 2.45) is 0 Å². The molecule has 2 rings (SSSR count). The van der Waals surface area contributed by atoms with Gasteiger partial charge in [-0.25, -0.2) is 4.79 Å². The Balaban J connectivity index is 1.60. The van der Waals surface area contributed by atoms with Crippen molar-refractivity contribution in [3.05, 3.63) is 35.9 Å². The largest absolute Gasteiger partial charge is 0.460 e. The predicted octanol–water partition coefficient (Wildman–Crippen LogP) is 1.26. The van der Waals surface area contributed by atoms with Crippen LogP contribution < -0.4 is 0 Å². The SMILES string of the molecule is O=C(OCCOCC1CO1)c1ccccc1. The van der Waals surface area contributed by atoms with E-state index in [0.717, 1.165) is 6.61 Å². The summed E-state index contributed by atoms with van der Waals surface area (Å²) in [6.07, 6.45) is 0.254. The van der Waals surface area contributed by atoms with E-state index in [9.17, 15) is 4.79 Å². The van der Waals surface area contributed by atoms with Gasteiger partial charge in [0.25, 0.3) is 0 Å². The lowest BCUT2D eigenvalue weighted by Crippen LogP contribution is -2.12. The lowest BCUT2D eigenvalue weighted by atomic mass is 10.2. The molecule has 0 bridgehead atoms. The van der Waals surface area contributed by atoms with Crippen molar-refractivity contribution in [2.45, 2.75) is 6.10 Å². The van der Waals surface area contributed by atoms with Crippen LogP contribution in [0.1, 0.15) is 10.4 Å². The number of esters is 1. The maximum atomic E-state index is 11.5. The number of ether oxygens (including phenoxy) is 3. The number of epoxide rings is 1. The Morgan fingerprint density at radius 2 is 2.06 bits per heavy atom. The van der Waals surface area contributed by atoms with E-state index in [2.05, 4.69) is 0 Å². The molecule has 0 radical (unpaired) electrons. The molecule has 1 fully saturated rings. The van der Waals surface area contributed by atoms with Crippen molar-refractivity contribution in [3.63, 3.8) is 0 Å². The zero-order valence-electron chi connectivity index (χ0n) is 8.93. The molecular weight excluding hydrogens is 208 g/mol. The smallest absolute Gasteiger partial charge is 0.338 e. The Hall–Kier alpha value is -1.39. The molecule has 4 heteroatoms. The first-order valence-electron chi connectivity index (χ1n) is 5.28. The highest BCUT2D eigenvalue weighted by molar-refractivity contribution is 5.89. The maximum Gasteiger partial charge on any atom is 0.338 e. The highest BCUT2D eigenvalue weighted by atomic mass is 16.6. The van der Waals surface area contributed by atoms with Gasteiger partial charge in [-0.1, -0.05) is 18.2 Å².